The number of carbonyl (C=O) groups is 2. The van der Waals surface area contributed by atoms with Crippen molar-refractivity contribution in [1.29, 1.82) is 0 Å². The average Bonchev–Trinajstić information content (AvgIpc) is 3.09. The molecule has 2 N–H and O–H groups in total. The van der Waals surface area contributed by atoms with Crippen molar-refractivity contribution in [1.82, 2.24) is 15.1 Å². The van der Waals surface area contributed by atoms with Gasteiger partial charge >= 0.3 is 5.97 Å². The molecule has 7 heteroatoms. The molecule has 1 fully saturated rings. The molecule has 0 spiro atoms. The Balaban J connectivity index is 1.70. The first-order valence-corrected chi connectivity index (χ1v) is 8.11. The highest BCUT2D eigenvalue weighted by Gasteiger charge is 2.32. The number of carboxylic acid groups (broad SMARTS) is 1. The van der Waals surface area contributed by atoms with E-state index in [0.29, 0.717) is 23.2 Å². The van der Waals surface area contributed by atoms with Crippen LogP contribution in [0.15, 0.2) is 22.7 Å². The highest BCUT2D eigenvalue weighted by molar-refractivity contribution is 5.95. The monoisotopic (exact) mass is 331 g/mol. The molecule has 24 heavy (non-hydrogen) atoms. The summed E-state index contributed by atoms with van der Waals surface area (Å²) in [5, 5.41) is 16.0. The number of carboxylic acids is 1. The third kappa shape index (κ3) is 3.50. The van der Waals surface area contributed by atoms with E-state index in [-0.39, 0.29) is 18.2 Å². The standard InChI is InChI=1S/C17H21N3O4/c1-10(2)9-20-15(11-3-4-11)13(8-19-20)16(21)18-7-12-5-6-14(24-12)17(22)23/h5-6,8,10-11H,3-4,7,9H2,1-2H3,(H,18,21)(H,22,23). The van der Waals surface area contributed by atoms with E-state index in [1.807, 2.05) is 4.68 Å². The van der Waals surface area contributed by atoms with E-state index in [9.17, 15) is 9.59 Å². The van der Waals surface area contributed by atoms with Gasteiger partial charge in [0.1, 0.15) is 5.76 Å². The van der Waals surface area contributed by atoms with Crippen molar-refractivity contribution in [3.63, 3.8) is 0 Å². The number of carbonyl (C=O) groups excluding carboxylic acids is 1. The van der Waals surface area contributed by atoms with Gasteiger partial charge in [-0.1, -0.05) is 13.8 Å². The third-order valence-electron chi connectivity index (χ3n) is 3.92. The van der Waals surface area contributed by atoms with Gasteiger partial charge in [0.25, 0.3) is 5.91 Å². The van der Waals surface area contributed by atoms with Crippen molar-refractivity contribution in [2.75, 3.05) is 0 Å². The number of hydrogen-bond donors (Lipinski definition) is 2. The topological polar surface area (TPSA) is 97.4 Å². The maximum absolute atomic E-state index is 12.5. The molecule has 0 aliphatic heterocycles. The molecule has 1 aliphatic rings. The van der Waals surface area contributed by atoms with E-state index in [2.05, 4.69) is 24.3 Å². The van der Waals surface area contributed by atoms with Crippen LogP contribution in [0.25, 0.3) is 0 Å². The van der Waals surface area contributed by atoms with E-state index in [1.165, 1.54) is 6.07 Å². The Kier molecular flexibility index (Phi) is 4.42. The molecule has 0 saturated heterocycles. The number of nitrogens with one attached hydrogen (secondary N) is 1. The second-order valence-corrected chi connectivity index (χ2v) is 6.55. The first-order chi connectivity index (χ1) is 11.5. The molecule has 7 nitrogen and oxygen atoms in total. The number of amides is 1. The third-order valence-corrected chi connectivity index (χ3v) is 3.92. The zero-order valence-corrected chi connectivity index (χ0v) is 13.8. The minimum absolute atomic E-state index is 0.136. The molecule has 1 aliphatic carbocycles. The van der Waals surface area contributed by atoms with Gasteiger partial charge in [0.15, 0.2) is 0 Å². The van der Waals surface area contributed by atoms with Crippen molar-refractivity contribution in [3.8, 4) is 0 Å². The van der Waals surface area contributed by atoms with Crippen LogP contribution in [0.2, 0.25) is 0 Å². The first-order valence-electron chi connectivity index (χ1n) is 8.11. The van der Waals surface area contributed by atoms with Crippen LogP contribution in [-0.2, 0) is 13.1 Å². The lowest BCUT2D eigenvalue weighted by atomic mass is 10.1. The molecule has 1 saturated carbocycles. The summed E-state index contributed by atoms with van der Waals surface area (Å²) in [5.41, 5.74) is 1.61. The first kappa shape index (κ1) is 16.3. The highest BCUT2D eigenvalue weighted by Crippen LogP contribution is 2.41. The minimum Gasteiger partial charge on any atom is -0.475 e. The van der Waals surface area contributed by atoms with Crippen molar-refractivity contribution < 1.29 is 19.1 Å². The van der Waals surface area contributed by atoms with E-state index < -0.39 is 5.97 Å². The van der Waals surface area contributed by atoms with E-state index >= 15 is 0 Å². The van der Waals surface area contributed by atoms with Gasteiger partial charge in [-0.3, -0.25) is 9.48 Å². The fraction of sp³-hybridized carbons (Fsp3) is 0.471. The molecule has 3 rings (SSSR count). The summed E-state index contributed by atoms with van der Waals surface area (Å²) in [6, 6.07) is 2.92. The van der Waals surface area contributed by atoms with Crippen LogP contribution >= 0.6 is 0 Å². The molecular weight excluding hydrogens is 310 g/mol. The maximum atomic E-state index is 12.5. The maximum Gasteiger partial charge on any atom is 0.371 e. The zero-order valence-electron chi connectivity index (χ0n) is 13.8. The Hall–Kier alpha value is -2.57. The summed E-state index contributed by atoms with van der Waals surface area (Å²) in [5.74, 6) is -0.199. The van der Waals surface area contributed by atoms with Gasteiger partial charge in [0.2, 0.25) is 5.76 Å². The average molecular weight is 331 g/mol. The molecule has 2 heterocycles. The number of hydrogen-bond acceptors (Lipinski definition) is 4. The van der Waals surface area contributed by atoms with Crippen molar-refractivity contribution in [3.05, 3.63) is 41.1 Å². The van der Waals surface area contributed by atoms with Gasteiger partial charge in [-0.05, 0) is 30.9 Å². The Labute approximate surface area is 139 Å². The second kappa shape index (κ2) is 6.51. The predicted octanol–water partition coefficient (Wildman–Crippen LogP) is 2.64. The predicted molar refractivity (Wildman–Crippen MR) is 85.9 cm³/mol. The van der Waals surface area contributed by atoms with Gasteiger partial charge in [-0.2, -0.15) is 5.10 Å². The van der Waals surface area contributed by atoms with Gasteiger partial charge in [0.05, 0.1) is 24.0 Å². The normalized spacial score (nSPS) is 14.1. The van der Waals surface area contributed by atoms with Crippen LogP contribution in [-0.4, -0.2) is 26.8 Å². The van der Waals surface area contributed by atoms with Crippen LogP contribution < -0.4 is 5.32 Å². The summed E-state index contributed by atoms with van der Waals surface area (Å²) < 4.78 is 7.08. The Morgan fingerprint density at radius 3 is 2.75 bits per heavy atom. The van der Waals surface area contributed by atoms with Gasteiger partial charge < -0.3 is 14.8 Å². The van der Waals surface area contributed by atoms with Crippen LogP contribution in [0, 0.1) is 5.92 Å². The minimum atomic E-state index is -1.13. The molecule has 0 bridgehead atoms. The van der Waals surface area contributed by atoms with Crippen molar-refractivity contribution >= 4 is 11.9 Å². The fourth-order valence-electron chi connectivity index (χ4n) is 2.70. The van der Waals surface area contributed by atoms with Crippen molar-refractivity contribution in [2.45, 2.75) is 45.7 Å². The largest absolute Gasteiger partial charge is 0.475 e. The van der Waals surface area contributed by atoms with E-state index in [1.54, 1.807) is 12.3 Å². The van der Waals surface area contributed by atoms with Crippen LogP contribution in [0.3, 0.4) is 0 Å². The summed E-state index contributed by atoms with van der Waals surface area (Å²) in [6.45, 7) is 5.18. The SMILES string of the molecule is CC(C)Cn1ncc(C(=O)NCc2ccc(C(=O)O)o2)c1C1CC1. The van der Waals surface area contributed by atoms with Crippen LogP contribution in [0.5, 0.6) is 0 Å². The van der Waals surface area contributed by atoms with Gasteiger partial charge in [-0.15, -0.1) is 0 Å². The molecule has 0 atom stereocenters. The highest BCUT2D eigenvalue weighted by atomic mass is 16.4. The van der Waals surface area contributed by atoms with Gasteiger partial charge in [0, 0.05) is 12.5 Å². The molecule has 0 radical (unpaired) electrons. The lowest BCUT2D eigenvalue weighted by Gasteiger charge is -2.11. The van der Waals surface area contributed by atoms with E-state index in [0.717, 1.165) is 25.1 Å². The number of rotatable bonds is 7. The molecule has 2 aromatic rings. The summed E-state index contributed by atoms with van der Waals surface area (Å²) in [6.07, 6.45) is 3.80. The lowest BCUT2D eigenvalue weighted by Crippen LogP contribution is -2.23. The number of furan rings is 1. The van der Waals surface area contributed by atoms with Gasteiger partial charge in [-0.25, -0.2) is 4.79 Å². The van der Waals surface area contributed by atoms with E-state index in [4.69, 9.17) is 9.52 Å². The molecule has 1 amide bonds. The number of nitrogens with zero attached hydrogens (tertiary/aromatic N) is 2. The lowest BCUT2D eigenvalue weighted by molar-refractivity contribution is 0.0660. The van der Waals surface area contributed by atoms with Crippen molar-refractivity contribution in [2.24, 2.45) is 5.92 Å². The number of aromatic carboxylic acids is 1. The van der Waals surface area contributed by atoms with Crippen LogP contribution in [0.1, 0.15) is 65.0 Å². The summed E-state index contributed by atoms with van der Waals surface area (Å²) >= 11 is 0. The molecule has 0 unspecified atom stereocenters. The number of aromatic nitrogens is 2. The Morgan fingerprint density at radius 2 is 2.17 bits per heavy atom. The zero-order chi connectivity index (χ0) is 17.3. The molecule has 2 aromatic heterocycles. The second-order valence-electron chi connectivity index (χ2n) is 6.55. The molecule has 0 aromatic carbocycles. The Bertz CT molecular complexity index is 756. The summed E-state index contributed by atoms with van der Waals surface area (Å²) in [4.78, 5) is 23.3. The molecule has 128 valence electrons. The summed E-state index contributed by atoms with van der Waals surface area (Å²) in [7, 11) is 0. The Morgan fingerprint density at radius 1 is 1.42 bits per heavy atom. The molecular formula is C17H21N3O4. The fourth-order valence-corrected chi connectivity index (χ4v) is 2.70. The quantitative estimate of drug-likeness (QED) is 0.813. The van der Waals surface area contributed by atoms with Crippen LogP contribution in [0.4, 0.5) is 0 Å². The smallest absolute Gasteiger partial charge is 0.371 e.